The Morgan fingerprint density at radius 2 is 2.21 bits per heavy atom. The van der Waals surface area contributed by atoms with Gasteiger partial charge in [-0.15, -0.1) is 0 Å². The first kappa shape index (κ1) is 9.99. The van der Waals surface area contributed by atoms with Crippen LogP contribution in [0.4, 0.5) is 0 Å². The molecule has 76 valence electrons. The normalized spacial score (nSPS) is 9.71. The zero-order valence-electron chi connectivity index (χ0n) is 6.77. The Morgan fingerprint density at radius 3 is 2.79 bits per heavy atom. The highest BCUT2D eigenvalue weighted by Gasteiger charge is 2.03. The summed E-state index contributed by atoms with van der Waals surface area (Å²) in [6.07, 6.45) is 0.961. The van der Waals surface area contributed by atoms with E-state index in [0.717, 1.165) is 6.20 Å². The van der Waals surface area contributed by atoms with Gasteiger partial charge in [0.25, 0.3) is 5.56 Å². The van der Waals surface area contributed by atoms with Gasteiger partial charge in [0.15, 0.2) is 6.61 Å². The molecular weight excluding hydrogens is 196 g/mol. The van der Waals surface area contributed by atoms with Crippen molar-refractivity contribution in [2.24, 2.45) is 0 Å². The third-order valence-corrected chi connectivity index (χ3v) is 1.12. The first-order valence-corrected chi connectivity index (χ1v) is 3.43. The van der Waals surface area contributed by atoms with Crippen molar-refractivity contribution in [1.82, 2.24) is 9.97 Å². The van der Waals surface area contributed by atoms with Crippen molar-refractivity contribution in [1.29, 1.82) is 0 Å². The Bertz CT molecular complexity index is 432. The van der Waals surface area contributed by atoms with E-state index in [1.54, 1.807) is 0 Å². The number of aromatic nitrogens is 2. The van der Waals surface area contributed by atoms with Gasteiger partial charge in [0, 0.05) is 0 Å². The van der Waals surface area contributed by atoms with Crippen molar-refractivity contribution < 1.29 is 19.7 Å². The smallest absolute Gasteiger partial charge is 0.334 e. The molecule has 0 aliphatic rings. The summed E-state index contributed by atoms with van der Waals surface area (Å²) in [5, 5.41) is 8.16. The molecule has 1 rings (SSSR count). The lowest BCUT2D eigenvalue weighted by atomic mass is 10.6. The number of carboxylic acids is 1. The second-order valence-corrected chi connectivity index (χ2v) is 2.18. The van der Waals surface area contributed by atoms with Crippen LogP contribution in [0.3, 0.4) is 0 Å². The number of aromatic amines is 2. The van der Waals surface area contributed by atoms with Gasteiger partial charge in [-0.3, -0.25) is 9.78 Å². The molecule has 0 radical (unpaired) electrons. The van der Waals surface area contributed by atoms with Gasteiger partial charge in [-0.1, -0.05) is 0 Å². The van der Waals surface area contributed by atoms with Crippen molar-refractivity contribution in [3.8, 4) is 5.75 Å². The SMILES string of the molecule is O=C(O)COOc1c[nH]c(=O)[nH]c1=O. The Morgan fingerprint density at radius 1 is 1.50 bits per heavy atom. The maximum Gasteiger partial charge on any atom is 0.334 e. The molecular formula is C6H6N2O6. The van der Waals surface area contributed by atoms with Crippen LogP contribution < -0.4 is 16.1 Å². The van der Waals surface area contributed by atoms with Crippen molar-refractivity contribution in [2.75, 3.05) is 6.61 Å². The van der Waals surface area contributed by atoms with Crippen molar-refractivity contribution in [3.05, 3.63) is 27.0 Å². The molecule has 0 aromatic carbocycles. The summed E-state index contributed by atoms with van der Waals surface area (Å²) in [6.45, 7) is -0.710. The molecule has 1 aromatic heterocycles. The fourth-order valence-electron chi connectivity index (χ4n) is 0.603. The van der Waals surface area contributed by atoms with Crippen LogP contribution in [0.1, 0.15) is 0 Å². The van der Waals surface area contributed by atoms with E-state index in [4.69, 9.17) is 5.11 Å². The monoisotopic (exact) mass is 202 g/mol. The predicted octanol–water partition coefficient (Wildman–Crippen LogP) is -1.54. The van der Waals surface area contributed by atoms with Gasteiger partial charge < -0.3 is 15.0 Å². The number of carboxylic acid groups (broad SMARTS) is 1. The van der Waals surface area contributed by atoms with E-state index in [0.29, 0.717) is 0 Å². The standard InChI is InChI=1S/C6H6N2O6/c9-4(10)2-13-14-3-1-7-6(12)8-5(3)11/h1H,2H2,(H,9,10)(H2,7,8,11,12). The van der Waals surface area contributed by atoms with E-state index in [-0.39, 0.29) is 5.75 Å². The van der Waals surface area contributed by atoms with Crippen LogP contribution in [-0.2, 0) is 9.68 Å². The average molecular weight is 202 g/mol. The Hall–Kier alpha value is -2.09. The molecule has 0 saturated carbocycles. The number of carbonyl (C=O) groups is 1. The average Bonchev–Trinajstić information content (AvgIpc) is 2.08. The molecule has 0 aliphatic carbocycles. The van der Waals surface area contributed by atoms with Gasteiger partial charge in [-0.2, -0.15) is 4.89 Å². The Labute approximate surface area is 76.0 Å². The molecule has 0 aliphatic heterocycles. The summed E-state index contributed by atoms with van der Waals surface area (Å²) >= 11 is 0. The number of hydrogen-bond acceptors (Lipinski definition) is 5. The summed E-state index contributed by atoms with van der Waals surface area (Å²) in [7, 11) is 0. The van der Waals surface area contributed by atoms with Crippen LogP contribution in [0.2, 0.25) is 0 Å². The van der Waals surface area contributed by atoms with Gasteiger partial charge in [0.05, 0.1) is 6.20 Å². The topological polar surface area (TPSA) is 121 Å². The molecule has 0 saturated heterocycles. The highest BCUT2D eigenvalue weighted by atomic mass is 17.2. The molecule has 1 aromatic rings. The zero-order valence-corrected chi connectivity index (χ0v) is 6.77. The van der Waals surface area contributed by atoms with Crippen LogP contribution in [0.5, 0.6) is 5.75 Å². The quantitative estimate of drug-likeness (QED) is 0.401. The van der Waals surface area contributed by atoms with Crippen LogP contribution >= 0.6 is 0 Å². The summed E-state index contributed by atoms with van der Waals surface area (Å²) in [5.74, 6) is -1.57. The lowest BCUT2D eigenvalue weighted by Gasteiger charge is -1.99. The second-order valence-electron chi connectivity index (χ2n) is 2.18. The molecule has 0 amide bonds. The number of H-pyrrole nitrogens is 2. The van der Waals surface area contributed by atoms with Gasteiger partial charge in [-0.25, -0.2) is 9.59 Å². The largest absolute Gasteiger partial charge is 0.479 e. The van der Waals surface area contributed by atoms with E-state index in [2.05, 4.69) is 14.8 Å². The lowest BCUT2D eigenvalue weighted by molar-refractivity contribution is -0.214. The first-order valence-electron chi connectivity index (χ1n) is 3.43. The van der Waals surface area contributed by atoms with Crippen molar-refractivity contribution in [2.45, 2.75) is 0 Å². The summed E-state index contributed by atoms with van der Waals surface area (Å²) in [6, 6.07) is 0. The first-order chi connectivity index (χ1) is 6.59. The highest BCUT2D eigenvalue weighted by Crippen LogP contribution is 1.95. The van der Waals surface area contributed by atoms with Crippen LogP contribution in [0, 0.1) is 0 Å². The van der Waals surface area contributed by atoms with E-state index >= 15 is 0 Å². The van der Waals surface area contributed by atoms with Gasteiger partial charge in [0.1, 0.15) is 0 Å². The molecule has 8 heteroatoms. The minimum absolute atomic E-state index is 0.328. The minimum atomic E-state index is -1.24. The molecule has 0 spiro atoms. The maximum absolute atomic E-state index is 10.9. The van der Waals surface area contributed by atoms with E-state index in [9.17, 15) is 14.4 Å². The molecule has 0 fully saturated rings. The van der Waals surface area contributed by atoms with Crippen LogP contribution in [0.25, 0.3) is 0 Å². The number of nitrogens with one attached hydrogen (secondary N) is 2. The van der Waals surface area contributed by atoms with Crippen molar-refractivity contribution in [3.63, 3.8) is 0 Å². The molecule has 0 unspecified atom stereocenters. The van der Waals surface area contributed by atoms with Gasteiger partial charge in [-0.05, 0) is 0 Å². The summed E-state index contributed by atoms with van der Waals surface area (Å²) < 4.78 is 0. The molecule has 1 heterocycles. The van der Waals surface area contributed by atoms with Crippen LogP contribution in [-0.4, -0.2) is 27.7 Å². The second kappa shape index (κ2) is 4.23. The summed E-state index contributed by atoms with van der Waals surface area (Å²) in [5.41, 5.74) is -1.50. The van der Waals surface area contributed by atoms with E-state index in [1.165, 1.54) is 0 Å². The third-order valence-electron chi connectivity index (χ3n) is 1.12. The van der Waals surface area contributed by atoms with Gasteiger partial charge in [0.2, 0.25) is 5.75 Å². The number of rotatable bonds is 4. The summed E-state index contributed by atoms with van der Waals surface area (Å²) in [4.78, 5) is 43.8. The predicted molar refractivity (Wildman–Crippen MR) is 41.9 cm³/mol. The number of aliphatic carboxylic acids is 1. The molecule has 14 heavy (non-hydrogen) atoms. The number of hydrogen-bond donors (Lipinski definition) is 3. The zero-order chi connectivity index (χ0) is 10.6. The molecule has 0 bridgehead atoms. The Balaban J connectivity index is 2.64. The third kappa shape index (κ3) is 2.75. The van der Waals surface area contributed by atoms with Crippen molar-refractivity contribution >= 4 is 5.97 Å². The molecule has 8 nitrogen and oxygen atoms in total. The molecule has 0 atom stereocenters. The minimum Gasteiger partial charge on any atom is -0.479 e. The highest BCUT2D eigenvalue weighted by molar-refractivity contribution is 5.67. The fourth-order valence-corrected chi connectivity index (χ4v) is 0.603. The van der Waals surface area contributed by atoms with E-state index in [1.807, 2.05) is 4.98 Å². The maximum atomic E-state index is 10.9. The lowest BCUT2D eigenvalue weighted by Crippen LogP contribution is -2.23. The molecule has 3 N–H and O–H groups in total. The Kier molecular flexibility index (Phi) is 3.02. The van der Waals surface area contributed by atoms with Crippen LogP contribution in [0.15, 0.2) is 15.8 Å². The van der Waals surface area contributed by atoms with Gasteiger partial charge >= 0.3 is 11.7 Å². The fraction of sp³-hybridized carbons (Fsp3) is 0.167. The van der Waals surface area contributed by atoms with E-state index < -0.39 is 23.8 Å².